The Morgan fingerprint density at radius 1 is 1.53 bits per heavy atom. The number of carbonyl (C=O) groups is 2. The fraction of sp³-hybridized carbons (Fsp3) is 0.333. The van der Waals surface area contributed by atoms with Crippen LogP contribution in [0.25, 0.3) is 0 Å². The summed E-state index contributed by atoms with van der Waals surface area (Å²) in [5, 5.41) is 11.0. The van der Waals surface area contributed by atoms with E-state index < -0.39 is 30.3 Å². The second-order valence-corrected chi connectivity index (χ2v) is 4.65. The predicted molar refractivity (Wildman–Crippen MR) is 69.5 cm³/mol. The summed E-state index contributed by atoms with van der Waals surface area (Å²) in [6.45, 7) is 1.19. The standard InChI is InChI=1S/C12H13BrFNO4/c1-2-9(12(17)18)15-11(16)6-19-10-4-3-7(13)5-8(10)14/h3-5,9H,2,6H2,1H3,(H,15,16)(H,17,18)/t9-/m0/s1. The first kappa shape index (κ1) is 15.4. The Bertz CT molecular complexity index is 481. The van der Waals surface area contributed by atoms with E-state index >= 15 is 0 Å². The molecule has 0 aromatic heterocycles. The Hall–Kier alpha value is -1.63. The molecule has 19 heavy (non-hydrogen) atoms. The maximum atomic E-state index is 13.4. The van der Waals surface area contributed by atoms with Gasteiger partial charge in [0, 0.05) is 4.47 Å². The molecule has 0 aliphatic carbocycles. The summed E-state index contributed by atoms with van der Waals surface area (Å²) in [6, 6.07) is 3.19. The minimum atomic E-state index is -1.12. The van der Waals surface area contributed by atoms with Crippen LogP contribution in [0.3, 0.4) is 0 Å². The van der Waals surface area contributed by atoms with Crippen molar-refractivity contribution in [2.45, 2.75) is 19.4 Å². The molecule has 0 saturated carbocycles. The third kappa shape index (κ3) is 4.86. The van der Waals surface area contributed by atoms with Crippen LogP contribution >= 0.6 is 15.9 Å². The highest BCUT2D eigenvalue weighted by Gasteiger charge is 2.18. The molecule has 2 N–H and O–H groups in total. The molecule has 0 aliphatic rings. The highest BCUT2D eigenvalue weighted by atomic mass is 79.9. The molecule has 1 amide bonds. The van der Waals surface area contributed by atoms with E-state index in [0.717, 1.165) is 0 Å². The summed E-state index contributed by atoms with van der Waals surface area (Å²) < 4.78 is 18.9. The lowest BCUT2D eigenvalue weighted by Crippen LogP contribution is -2.42. The number of hydrogen-bond acceptors (Lipinski definition) is 3. The van der Waals surface area contributed by atoms with E-state index in [1.807, 2.05) is 0 Å². The first-order valence-electron chi connectivity index (χ1n) is 5.54. The van der Waals surface area contributed by atoms with Crippen LogP contribution in [0, 0.1) is 5.82 Å². The van der Waals surface area contributed by atoms with Crippen LogP contribution < -0.4 is 10.1 Å². The second-order valence-electron chi connectivity index (χ2n) is 3.73. The van der Waals surface area contributed by atoms with Gasteiger partial charge in [0.15, 0.2) is 18.2 Å². The van der Waals surface area contributed by atoms with E-state index in [2.05, 4.69) is 21.2 Å². The summed E-state index contributed by atoms with van der Waals surface area (Å²) in [7, 11) is 0. The molecule has 0 saturated heterocycles. The van der Waals surface area contributed by atoms with Gasteiger partial charge in [0.05, 0.1) is 0 Å². The summed E-state index contributed by atoms with van der Waals surface area (Å²) >= 11 is 3.09. The predicted octanol–water partition coefficient (Wildman–Crippen LogP) is 1.95. The molecule has 7 heteroatoms. The van der Waals surface area contributed by atoms with Gasteiger partial charge < -0.3 is 15.2 Å². The average molecular weight is 334 g/mol. The maximum Gasteiger partial charge on any atom is 0.326 e. The fourth-order valence-electron chi connectivity index (χ4n) is 1.31. The van der Waals surface area contributed by atoms with E-state index in [1.54, 1.807) is 13.0 Å². The van der Waals surface area contributed by atoms with Crippen LogP contribution in [-0.2, 0) is 9.59 Å². The van der Waals surface area contributed by atoms with Crippen LogP contribution in [0.15, 0.2) is 22.7 Å². The Morgan fingerprint density at radius 3 is 2.74 bits per heavy atom. The van der Waals surface area contributed by atoms with Crippen molar-refractivity contribution in [3.8, 4) is 5.75 Å². The van der Waals surface area contributed by atoms with Gasteiger partial charge in [-0.1, -0.05) is 22.9 Å². The zero-order valence-electron chi connectivity index (χ0n) is 10.2. The Labute approximate surface area is 117 Å². The van der Waals surface area contributed by atoms with Gasteiger partial charge >= 0.3 is 5.97 Å². The summed E-state index contributed by atoms with van der Waals surface area (Å²) in [6.07, 6.45) is 0.258. The number of nitrogens with one attached hydrogen (secondary N) is 1. The number of carboxylic acid groups (broad SMARTS) is 1. The molecule has 1 atom stereocenters. The van der Waals surface area contributed by atoms with E-state index in [4.69, 9.17) is 9.84 Å². The molecule has 1 rings (SSSR count). The van der Waals surface area contributed by atoms with Gasteiger partial charge in [0.2, 0.25) is 0 Å². The number of rotatable bonds is 6. The minimum absolute atomic E-state index is 0.0678. The van der Waals surface area contributed by atoms with Crippen molar-refractivity contribution in [2.75, 3.05) is 6.61 Å². The quantitative estimate of drug-likeness (QED) is 0.834. The highest BCUT2D eigenvalue weighted by Crippen LogP contribution is 2.21. The van der Waals surface area contributed by atoms with Gasteiger partial charge in [-0.15, -0.1) is 0 Å². The van der Waals surface area contributed by atoms with E-state index in [9.17, 15) is 14.0 Å². The molecule has 5 nitrogen and oxygen atoms in total. The molecule has 0 spiro atoms. The SMILES string of the molecule is CC[C@H](NC(=O)COc1ccc(Br)cc1F)C(=O)O. The van der Waals surface area contributed by atoms with E-state index in [-0.39, 0.29) is 12.2 Å². The topological polar surface area (TPSA) is 75.6 Å². The number of ether oxygens (including phenoxy) is 1. The number of halogens is 2. The maximum absolute atomic E-state index is 13.4. The monoisotopic (exact) mass is 333 g/mol. The van der Waals surface area contributed by atoms with Gasteiger partial charge in [-0.25, -0.2) is 9.18 Å². The molecule has 1 aromatic rings. The number of carbonyl (C=O) groups excluding carboxylic acids is 1. The van der Waals surface area contributed by atoms with Gasteiger partial charge in [0.1, 0.15) is 6.04 Å². The van der Waals surface area contributed by atoms with Crippen LogP contribution in [0.4, 0.5) is 4.39 Å². The second kappa shape index (κ2) is 7.08. The zero-order chi connectivity index (χ0) is 14.4. The first-order valence-corrected chi connectivity index (χ1v) is 6.33. The van der Waals surface area contributed by atoms with Crippen LogP contribution in [-0.4, -0.2) is 29.6 Å². The molecule has 0 bridgehead atoms. The van der Waals surface area contributed by atoms with E-state index in [1.165, 1.54) is 12.1 Å². The Balaban J connectivity index is 2.52. The van der Waals surface area contributed by atoms with Crippen molar-refractivity contribution in [1.29, 1.82) is 0 Å². The summed E-state index contributed by atoms with van der Waals surface area (Å²) in [4.78, 5) is 22.1. The van der Waals surface area contributed by atoms with Crippen LogP contribution in [0.1, 0.15) is 13.3 Å². The van der Waals surface area contributed by atoms with Crippen molar-refractivity contribution in [2.24, 2.45) is 0 Å². The third-order valence-electron chi connectivity index (χ3n) is 2.29. The normalized spacial score (nSPS) is 11.7. The average Bonchev–Trinajstić information content (AvgIpc) is 2.34. The number of carboxylic acids is 1. The summed E-state index contributed by atoms with van der Waals surface area (Å²) in [5.74, 6) is -2.41. The van der Waals surface area contributed by atoms with E-state index in [0.29, 0.717) is 4.47 Å². The molecule has 0 heterocycles. The largest absolute Gasteiger partial charge is 0.481 e. The number of benzene rings is 1. The number of hydrogen-bond donors (Lipinski definition) is 2. The molecule has 0 unspecified atom stereocenters. The Kier molecular flexibility index (Phi) is 5.75. The fourth-order valence-corrected chi connectivity index (χ4v) is 1.64. The van der Waals surface area contributed by atoms with Crippen LogP contribution in [0.2, 0.25) is 0 Å². The van der Waals surface area contributed by atoms with Crippen molar-refractivity contribution in [1.82, 2.24) is 5.32 Å². The minimum Gasteiger partial charge on any atom is -0.481 e. The van der Waals surface area contributed by atoms with Gasteiger partial charge in [0.25, 0.3) is 5.91 Å². The third-order valence-corrected chi connectivity index (χ3v) is 2.79. The first-order chi connectivity index (χ1) is 8.93. The van der Waals surface area contributed by atoms with Crippen LogP contribution in [0.5, 0.6) is 5.75 Å². The molecular weight excluding hydrogens is 321 g/mol. The number of aliphatic carboxylic acids is 1. The lowest BCUT2D eigenvalue weighted by Gasteiger charge is -2.13. The molecule has 104 valence electrons. The lowest BCUT2D eigenvalue weighted by atomic mass is 10.2. The van der Waals surface area contributed by atoms with Crippen molar-refractivity contribution >= 4 is 27.8 Å². The van der Waals surface area contributed by atoms with Gasteiger partial charge in [-0.05, 0) is 24.6 Å². The Morgan fingerprint density at radius 2 is 2.21 bits per heavy atom. The van der Waals surface area contributed by atoms with Crippen molar-refractivity contribution < 1.29 is 23.8 Å². The molecule has 0 radical (unpaired) electrons. The zero-order valence-corrected chi connectivity index (χ0v) is 11.7. The molecular formula is C12H13BrFNO4. The van der Waals surface area contributed by atoms with Gasteiger partial charge in [-0.3, -0.25) is 4.79 Å². The van der Waals surface area contributed by atoms with Crippen molar-refractivity contribution in [3.05, 3.63) is 28.5 Å². The molecule has 0 fully saturated rings. The highest BCUT2D eigenvalue weighted by molar-refractivity contribution is 9.10. The molecule has 0 aliphatic heterocycles. The number of amides is 1. The smallest absolute Gasteiger partial charge is 0.326 e. The lowest BCUT2D eigenvalue weighted by molar-refractivity contribution is -0.142. The van der Waals surface area contributed by atoms with Gasteiger partial charge in [-0.2, -0.15) is 0 Å². The molecule has 1 aromatic carbocycles. The van der Waals surface area contributed by atoms with Crippen molar-refractivity contribution in [3.63, 3.8) is 0 Å². The summed E-state index contributed by atoms with van der Waals surface area (Å²) in [5.41, 5.74) is 0.